The summed E-state index contributed by atoms with van der Waals surface area (Å²) in [7, 11) is 0. The Bertz CT molecular complexity index is 537. The number of thiocarbonyl (C=S) groups is 1. The zero-order valence-electron chi connectivity index (χ0n) is 15.3. The molecular weight excluding hydrogens is 356 g/mol. The van der Waals surface area contributed by atoms with Crippen molar-refractivity contribution in [3.63, 3.8) is 0 Å². The molecule has 134 valence electrons. The number of carbonyl (C=O) groups is 1. The van der Waals surface area contributed by atoms with Crippen molar-refractivity contribution < 1.29 is 9.53 Å². The van der Waals surface area contributed by atoms with Crippen LogP contribution in [0.3, 0.4) is 0 Å². The number of ether oxygens (including phenoxy) is 1. The van der Waals surface area contributed by atoms with Crippen LogP contribution in [-0.4, -0.2) is 33.5 Å². The van der Waals surface area contributed by atoms with Crippen LogP contribution >= 0.6 is 35.7 Å². The lowest BCUT2D eigenvalue weighted by Gasteiger charge is -2.41. The van der Waals surface area contributed by atoms with Gasteiger partial charge >= 0.3 is 5.97 Å². The molecule has 0 bridgehead atoms. The molecule has 0 saturated heterocycles. The second kappa shape index (κ2) is 9.83. The summed E-state index contributed by atoms with van der Waals surface area (Å²) in [4.78, 5) is 12.0. The van der Waals surface area contributed by atoms with Gasteiger partial charge in [-0.15, -0.1) is 11.8 Å². The molecule has 0 aliphatic rings. The van der Waals surface area contributed by atoms with E-state index in [0.717, 1.165) is 21.9 Å². The van der Waals surface area contributed by atoms with Crippen molar-refractivity contribution in [1.29, 1.82) is 0 Å². The molecule has 1 aromatic rings. The largest absolute Gasteiger partial charge is 0.465 e. The van der Waals surface area contributed by atoms with Crippen LogP contribution in [-0.2, 0) is 9.53 Å². The molecule has 24 heavy (non-hydrogen) atoms. The molecule has 5 heteroatoms. The van der Waals surface area contributed by atoms with E-state index in [1.807, 2.05) is 36.6 Å². The quantitative estimate of drug-likeness (QED) is 0.331. The van der Waals surface area contributed by atoms with Crippen molar-refractivity contribution >= 4 is 45.9 Å². The van der Waals surface area contributed by atoms with Crippen LogP contribution in [0.25, 0.3) is 0 Å². The summed E-state index contributed by atoms with van der Waals surface area (Å²) in [6.07, 6.45) is 3.17. The van der Waals surface area contributed by atoms with E-state index in [0.29, 0.717) is 13.0 Å². The summed E-state index contributed by atoms with van der Waals surface area (Å²) in [5, 5.41) is 0. The van der Waals surface area contributed by atoms with Crippen molar-refractivity contribution in [1.82, 2.24) is 0 Å². The van der Waals surface area contributed by atoms with Gasteiger partial charge in [-0.1, -0.05) is 63.3 Å². The molecule has 0 heterocycles. The molecule has 0 aromatic heterocycles. The Morgan fingerprint density at radius 1 is 1.17 bits per heavy atom. The SMILES string of the molecule is CSCCOC(=O)CCC(C)(SC(=S)c1ccccc1)C(C)(C)C. The lowest BCUT2D eigenvalue weighted by atomic mass is 9.78. The molecule has 1 rings (SSSR count). The van der Waals surface area contributed by atoms with Crippen molar-refractivity contribution in [2.75, 3.05) is 18.6 Å². The number of rotatable bonds is 8. The van der Waals surface area contributed by atoms with Gasteiger partial charge < -0.3 is 4.74 Å². The number of thioether (sulfide) groups is 2. The first-order valence-corrected chi connectivity index (χ1v) is 10.7. The minimum atomic E-state index is -0.140. The Labute approximate surface area is 160 Å². The van der Waals surface area contributed by atoms with Gasteiger partial charge in [0, 0.05) is 16.9 Å². The maximum atomic E-state index is 12.0. The molecule has 0 fully saturated rings. The van der Waals surface area contributed by atoms with Crippen LogP contribution in [0.2, 0.25) is 0 Å². The van der Waals surface area contributed by atoms with Gasteiger partial charge in [-0.05, 0) is 30.6 Å². The van der Waals surface area contributed by atoms with Gasteiger partial charge in [0.15, 0.2) is 0 Å². The first kappa shape index (κ1) is 21.5. The predicted molar refractivity (Wildman–Crippen MR) is 112 cm³/mol. The van der Waals surface area contributed by atoms with Gasteiger partial charge in [0.1, 0.15) is 6.61 Å². The molecule has 2 nitrogen and oxygen atoms in total. The third-order valence-electron chi connectivity index (χ3n) is 4.27. The highest BCUT2D eigenvalue weighted by Gasteiger charge is 2.39. The predicted octanol–water partition coefficient (Wildman–Crippen LogP) is 5.59. The van der Waals surface area contributed by atoms with Gasteiger partial charge in [0.25, 0.3) is 0 Å². The maximum Gasteiger partial charge on any atom is 0.305 e. The van der Waals surface area contributed by atoms with Crippen LogP contribution in [0.15, 0.2) is 30.3 Å². The van der Waals surface area contributed by atoms with Gasteiger partial charge in [0.2, 0.25) is 0 Å². The number of hydrogen-bond donors (Lipinski definition) is 0. The first-order valence-electron chi connectivity index (χ1n) is 8.12. The van der Waals surface area contributed by atoms with Crippen LogP contribution < -0.4 is 0 Å². The third-order valence-corrected chi connectivity index (χ3v) is 7.02. The summed E-state index contributed by atoms with van der Waals surface area (Å²) in [5.41, 5.74) is 1.08. The monoisotopic (exact) mass is 384 g/mol. The summed E-state index contributed by atoms with van der Waals surface area (Å²) >= 11 is 9.02. The molecule has 0 radical (unpaired) electrons. The molecule has 0 N–H and O–H groups in total. The van der Waals surface area contributed by atoms with E-state index in [2.05, 4.69) is 27.7 Å². The fraction of sp³-hybridized carbons (Fsp3) is 0.579. The van der Waals surface area contributed by atoms with Crippen LogP contribution in [0, 0.1) is 5.41 Å². The molecule has 0 spiro atoms. The molecule has 0 saturated carbocycles. The van der Waals surface area contributed by atoms with Crippen molar-refractivity contribution in [2.45, 2.75) is 45.3 Å². The fourth-order valence-electron chi connectivity index (χ4n) is 2.07. The normalized spacial score (nSPS) is 14.0. The van der Waals surface area contributed by atoms with E-state index in [4.69, 9.17) is 17.0 Å². The van der Waals surface area contributed by atoms with Crippen LogP contribution in [0.5, 0.6) is 0 Å². The minimum absolute atomic E-state index is 0.00998. The Kier molecular flexibility index (Phi) is 8.82. The summed E-state index contributed by atoms with van der Waals surface area (Å²) < 4.78 is 6.02. The highest BCUT2D eigenvalue weighted by molar-refractivity contribution is 8.24. The fourth-order valence-corrected chi connectivity index (χ4v) is 4.18. The first-order chi connectivity index (χ1) is 11.2. The van der Waals surface area contributed by atoms with Gasteiger partial charge in [0.05, 0.1) is 4.20 Å². The molecule has 1 atom stereocenters. The molecule has 0 amide bonds. The second-order valence-electron chi connectivity index (χ2n) is 6.95. The number of hydrogen-bond acceptors (Lipinski definition) is 5. The van der Waals surface area contributed by atoms with E-state index in [-0.39, 0.29) is 16.1 Å². The van der Waals surface area contributed by atoms with Crippen LogP contribution in [0.1, 0.15) is 46.1 Å². The Morgan fingerprint density at radius 3 is 2.33 bits per heavy atom. The Hall–Kier alpha value is -0.520. The van der Waals surface area contributed by atoms with Gasteiger partial charge in [-0.2, -0.15) is 11.8 Å². The minimum Gasteiger partial charge on any atom is -0.465 e. The topological polar surface area (TPSA) is 26.3 Å². The average molecular weight is 385 g/mol. The lowest BCUT2D eigenvalue weighted by molar-refractivity contribution is -0.143. The summed E-state index contributed by atoms with van der Waals surface area (Å²) in [6.45, 7) is 9.29. The molecular formula is C19H28O2S3. The number of benzene rings is 1. The maximum absolute atomic E-state index is 12.0. The van der Waals surface area contributed by atoms with E-state index < -0.39 is 0 Å². The van der Waals surface area contributed by atoms with E-state index >= 15 is 0 Å². The zero-order chi connectivity index (χ0) is 18.2. The second-order valence-corrected chi connectivity index (χ2v) is 10.1. The molecule has 0 aliphatic heterocycles. The Balaban J connectivity index is 2.73. The number of esters is 1. The van der Waals surface area contributed by atoms with E-state index in [1.54, 1.807) is 23.5 Å². The van der Waals surface area contributed by atoms with E-state index in [1.165, 1.54) is 0 Å². The molecule has 1 unspecified atom stereocenters. The highest BCUT2D eigenvalue weighted by atomic mass is 32.2. The standard InChI is InChI=1S/C19H28O2S3/c1-18(2,3)19(4,12-11-16(20)21-13-14-23-5)24-17(22)15-9-7-6-8-10-15/h6-10H,11-14H2,1-5H3. The van der Waals surface area contributed by atoms with Gasteiger partial charge in [-0.25, -0.2) is 0 Å². The average Bonchev–Trinajstić information content (AvgIpc) is 2.53. The van der Waals surface area contributed by atoms with Gasteiger partial charge in [-0.3, -0.25) is 4.79 Å². The van der Waals surface area contributed by atoms with E-state index in [9.17, 15) is 4.79 Å². The van der Waals surface area contributed by atoms with Crippen LogP contribution in [0.4, 0.5) is 0 Å². The van der Waals surface area contributed by atoms with Crippen molar-refractivity contribution in [2.24, 2.45) is 5.41 Å². The third kappa shape index (κ3) is 6.77. The molecule has 0 aliphatic carbocycles. The van der Waals surface area contributed by atoms with Crippen molar-refractivity contribution in [3.05, 3.63) is 35.9 Å². The number of carbonyl (C=O) groups excluding carboxylic acids is 1. The summed E-state index contributed by atoms with van der Waals surface area (Å²) in [5.74, 6) is 0.723. The zero-order valence-corrected chi connectivity index (χ0v) is 17.7. The summed E-state index contributed by atoms with van der Waals surface area (Å²) in [6, 6.07) is 10.1. The smallest absolute Gasteiger partial charge is 0.305 e. The Morgan fingerprint density at radius 2 is 1.79 bits per heavy atom. The lowest BCUT2D eigenvalue weighted by Crippen LogP contribution is -2.38. The highest BCUT2D eigenvalue weighted by Crippen LogP contribution is 2.46. The van der Waals surface area contributed by atoms with Crippen molar-refractivity contribution in [3.8, 4) is 0 Å². The molecule has 1 aromatic carbocycles.